The summed E-state index contributed by atoms with van der Waals surface area (Å²) in [4.78, 5) is 21.4. The summed E-state index contributed by atoms with van der Waals surface area (Å²) < 4.78 is 4.85. The van der Waals surface area contributed by atoms with Crippen molar-refractivity contribution >= 4 is 11.7 Å². The lowest BCUT2D eigenvalue weighted by Crippen LogP contribution is -2.06. The lowest BCUT2D eigenvalue weighted by Gasteiger charge is -2.06. The molecule has 0 N–H and O–H groups in total. The number of carbonyl (C=O) groups excluding carboxylic acids is 1. The van der Waals surface area contributed by atoms with Gasteiger partial charge in [-0.15, -0.1) is 0 Å². The van der Waals surface area contributed by atoms with Gasteiger partial charge in [0, 0.05) is 12.5 Å². The lowest BCUT2D eigenvalue weighted by atomic mass is 10.1. The molecule has 0 saturated carbocycles. The highest BCUT2D eigenvalue weighted by Crippen LogP contribution is 2.31. The number of esters is 1. The molecule has 17 heavy (non-hydrogen) atoms. The van der Waals surface area contributed by atoms with Crippen molar-refractivity contribution in [1.82, 2.24) is 0 Å². The van der Waals surface area contributed by atoms with Gasteiger partial charge in [0.05, 0.1) is 4.92 Å². The van der Waals surface area contributed by atoms with Gasteiger partial charge in [-0.3, -0.25) is 14.9 Å². The van der Waals surface area contributed by atoms with Gasteiger partial charge in [-0.1, -0.05) is 25.5 Å². The average molecular weight is 237 g/mol. The van der Waals surface area contributed by atoms with Crippen molar-refractivity contribution in [3.05, 3.63) is 33.9 Å². The topological polar surface area (TPSA) is 69.4 Å². The van der Waals surface area contributed by atoms with Gasteiger partial charge in [0.25, 0.3) is 0 Å². The Bertz CT molecular complexity index is 429. The highest BCUT2D eigenvalue weighted by atomic mass is 16.6. The van der Waals surface area contributed by atoms with Crippen molar-refractivity contribution in [3.63, 3.8) is 0 Å². The molecule has 0 fully saturated rings. The quantitative estimate of drug-likeness (QED) is 0.341. The van der Waals surface area contributed by atoms with E-state index in [4.69, 9.17) is 4.74 Å². The molecular weight excluding hydrogens is 222 g/mol. The number of para-hydroxylation sites is 1. The number of rotatable bonds is 5. The molecule has 0 aliphatic rings. The normalized spacial score (nSPS) is 10.0. The zero-order valence-corrected chi connectivity index (χ0v) is 9.93. The maximum Gasteiger partial charge on any atom is 0.314 e. The Morgan fingerprint density at radius 1 is 1.47 bits per heavy atom. The van der Waals surface area contributed by atoms with Gasteiger partial charge >= 0.3 is 11.7 Å². The molecule has 0 aromatic heterocycles. The fourth-order valence-electron chi connectivity index (χ4n) is 1.58. The van der Waals surface area contributed by atoms with E-state index in [0.29, 0.717) is 12.0 Å². The van der Waals surface area contributed by atoms with Crippen molar-refractivity contribution in [1.29, 1.82) is 0 Å². The van der Waals surface area contributed by atoms with Crippen LogP contribution in [0.1, 0.15) is 32.3 Å². The molecule has 1 aromatic rings. The molecule has 1 rings (SSSR count). The fourth-order valence-corrected chi connectivity index (χ4v) is 1.58. The molecule has 5 nitrogen and oxygen atoms in total. The molecule has 0 bridgehead atoms. The summed E-state index contributed by atoms with van der Waals surface area (Å²) in [6, 6.07) is 4.80. The van der Waals surface area contributed by atoms with Crippen LogP contribution < -0.4 is 4.74 Å². The minimum absolute atomic E-state index is 0.0242. The van der Waals surface area contributed by atoms with Crippen molar-refractivity contribution in [2.45, 2.75) is 33.1 Å². The number of nitro groups is 1. The summed E-state index contributed by atoms with van der Waals surface area (Å²) in [5.74, 6) is -0.531. The maximum atomic E-state index is 11.0. The smallest absolute Gasteiger partial charge is 0.314 e. The zero-order chi connectivity index (χ0) is 12.8. The van der Waals surface area contributed by atoms with Crippen molar-refractivity contribution in [2.75, 3.05) is 0 Å². The van der Waals surface area contributed by atoms with E-state index in [-0.39, 0.29) is 11.4 Å². The molecule has 1 aromatic carbocycles. The molecule has 0 unspecified atom stereocenters. The molecule has 0 saturated heterocycles. The summed E-state index contributed by atoms with van der Waals surface area (Å²) in [7, 11) is 0. The first-order valence-electron chi connectivity index (χ1n) is 5.51. The number of ether oxygens (including phenoxy) is 1. The number of unbranched alkanes of at least 4 members (excludes halogenated alkanes) is 1. The van der Waals surface area contributed by atoms with Crippen LogP contribution in [0.4, 0.5) is 5.69 Å². The van der Waals surface area contributed by atoms with E-state index >= 15 is 0 Å². The van der Waals surface area contributed by atoms with Gasteiger partial charge < -0.3 is 4.74 Å². The van der Waals surface area contributed by atoms with Crippen molar-refractivity contribution < 1.29 is 14.5 Å². The van der Waals surface area contributed by atoms with Crippen LogP contribution in [0.25, 0.3) is 0 Å². The molecule has 0 aliphatic carbocycles. The molecular formula is C12H15NO4. The molecule has 0 aliphatic heterocycles. The molecule has 0 spiro atoms. The number of benzene rings is 1. The molecule has 92 valence electrons. The SMILES string of the molecule is CCCCc1cccc(OC(C)=O)c1[N+](=O)[O-]. The lowest BCUT2D eigenvalue weighted by molar-refractivity contribution is -0.386. The van der Waals surface area contributed by atoms with E-state index in [9.17, 15) is 14.9 Å². The number of hydrogen-bond acceptors (Lipinski definition) is 4. The summed E-state index contributed by atoms with van der Waals surface area (Å²) in [5, 5.41) is 11.0. The highest BCUT2D eigenvalue weighted by molar-refractivity contribution is 5.71. The average Bonchev–Trinajstić information content (AvgIpc) is 2.25. The van der Waals surface area contributed by atoms with Crippen LogP contribution in [-0.2, 0) is 11.2 Å². The molecule has 0 radical (unpaired) electrons. The van der Waals surface area contributed by atoms with Gasteiger partial charge in [0.1, 0.15) is 0 Å². The summed E-state index contributed by atoms with van der Waals surface area (Å²) >= 11 is 0. The van der Waals surface area contributed by atoms with Crippen molar-refractivity contribution in [3.8, 4) is 5.75 Å². The summed E-state index contributed by atoms with van der Waals surface area (Å²) in [5.41, 5.74) is 0.506. The van der Waals surface area contributed by atoms with E-state index in [1.807, 2.05) is 6.92 Å². The Labute approximate surface area is 99.5 Å². The molecule has 0 amide bonds. The second-order valence-corrected chi connectivity index (χ2v) is 3.72. The van der Waals surface area contributed by atoms with Crippen LogP contribution >= 0.6 is 0 Å². The minimum Gasteiger partial charge on any atom is -0.419 e. The predicted octanol–water partition coefficient (Wildman–Crippen LogP) is 2.86. The third-order valence-electron chi connectivity index (χ3n) is 2.32. The highest BCUT2D eigenvalue weighted by Gasteiger charge is 2.21. The third-order valence-corrected chi connectivity index (χ3v) is 2.32. The van der Waals surface area contributed by atoms with Crippen LogP contribution in [0.15, 0.2) is 18.2 Å². The third kappa shape index (κ3) is 3.55. The van der Waals surface area contributed by atoms with Crippen LogP contribution in [0.2, 0.25) is 0 Å². The van der Waals surface area contributed by atoms with E-state index in [2.05, 4.69) is 0 Å². The standard InChI is InChI=1S/C12H15NO4/c1-3-4-6-10-7-5-8-11(17-9(2)14)12(10)13(15)16/h5,7-8H,3-4,6H2,1-2H3. The monoisotopic (exact) mass is 237 g/mol. The van der Waals surface area contributed by atoms with Crippen LogP contribution in [0.3, 0.4) is 0 Å². The Morgan fingerprint density at radius 3 is 2.71 bits per heavy atom. The van der Waals surface area contributed by atoms with E-state index < -0.39 is 10.9 Å². The van der Waals surface area contributed by atoms with Gasteiger partial charge in [-0.2, -0.15) is 0 Å². The van der Waals surface area contributed by atoms with Gasteiger partial charge in [-0.05, 0) is 18.9 Å². The van der Waals surface area contributed by atoms with Gasteiger partial charge in [-0.25, -0.2) is 0 Å². The second-order valence-electron chi connectivity index (χ2n) is 3.72. The number of aryl methyl sites for hydroxylation is 1. The number of nitro benzene ring substituents is 1. The second kappa shape index (κ2) is 5.98. The Hall–Kier alpha value is -1.91. The largest absolute Gasteiger partial charge is 0.419 e. The fraction of sp³-hybridized carbons (Fsp3) is 0.417. The number of nitrogens with zero attached hydrogens (tertiary/aromatic N) is 1. The van der Waals surface area contributed by atoms with Crippen LogP contribution in [-0.4, -0.2) is 10.9 Å². The molecule has 0 heterocycles. The zero-order valence-electron chi connectivity index (χ0n) is 9.93. The number of carbonyl (C=O) groups is 1. The summed E-state index contributed by atoms with van der Waals surface area (Å²) in [6.45, 7) is 3.24. The van der Waals surface area contributed by atoms with Crippen LogP contribution in [0, 0.1) is 10.1 Å². The first kappa shape index (κ1) is 13.2. The summed E-state index contributed by atoms with van der Waals surface area (Å²) in [6.07, 6.45) is 2.43. The molecule has 5 heteroatoms. The Morgan fingerprint density at radius 2 is 2.18 bits per heavy atom. The molecule has 0 atom stereocenters. The first-order valence-corrected chi connectivity index (χ1v) is 5.51. The van der Waals surface area contributed by atoms with E-state index in [1.54, 1.807) is 12.1 Å². The van der Waals surface area contributed by atoms with Crippen molar-refractivity contribution in [2.24, 2.45) is 0 Å². The Kier molecular flexibility index (Phi) is 4.63. The van der Waals surface area contributed by atoms with E-state index in [0.717, 1.165) is 12.8 Å². The van der Waals surface area contributed by atoms with Gasteiger partial charge in [0.15, 0.2) is 0 Å². The number of hydrogen-bond donors (Lipinski definition) is 0. The maximum absolute atomic E-state index is 11.0. The Balaban J connectivity index is 3.12. The first-order chi connectivity index (χ1) is 8.06. The van der Waals surface area contributed by atoms with Gasteiger partial charge in [0.2, 0.25) is 5.75 Å². The minimum atomic E-state index is -0.555. The van der Waals surface area contributed by atoms with Crippen LogP contribution in [0.5, 0.6) is 5.75 Å². The van der Waals surface area contributed by atoms with E-state index in [1.165, 1.54) is 13.0 Å². The predicted molar refractivity (Wildman–Crippen MR) is 63.0 cm³/mol.